The van der Waals surface area contributed by atoms with E-state index in [0.717, 1.165) is 34.5 Å². The minimum atomic E-state index is -3.66. The number of guanidine groups is 1. The van der Waals surface area contributed by atoms with Crippen molar-refractivity contribution in [2.24, 2.45) is 15.7 Å². The van der Waals surface area contributed by atoms with Crippen LogP contribution >= 0.6 is 23.2 Å². The molecular weight excluding hydrogens is 531 g/mol. The molecule has 1 atom stereocenters. The van der Waals surface area contributed by atoms with Gasteiger partial charge in [0.05, 0.1) is 5.75 Å². The molecular formula is C27H26Cl2N4O3S. The molecule has 5 rings (SSSR count). The van der Waals surface area contributed by atoms with Crippen LogP contribution in [0.15, 0.2) is 76.7 Å². The summed E-state index contributed by atoms with van der Waals surface area (Å²) < 4.78 is 29.6. The number of nitrogens with two attached hydrogens (primary N) is 1. The molecule has 1 unspecified atom stereocenters. The summed E-state index contributed by atoms with van der Waals surface area (Å²) in [6.45, 7) is 3.16. The molecule has 0 bridgehead atoms. The third-order valence-electron chi connectivity index (χ3n) is 6.41. The van der Waals surface area contributed by atoms with E-state index in [4.69, 9.17) is 43.1 Å². The van der Waals surface area contributed by atoms with Crippen LogP contribution in [-0.4, -0.2) is 44.0 Å². The van der Waals surface area contributed by atoms with Crippen LogP contribution in [0.2, 0.25) is 10.0 Å². The maximum absolute atomic E-state index is 12.2. The van der Waals surface area contributed by atoms with Gasteiger partial charge in [-0.05, 0) is 65.9 Å². The number of hydrogen-bond donors (Lipinski definition) is 1. The number of aliphatic imine (C=N–C) groups is 2. The second kappa shape index (κ2) is 10.0. The Morgan fingerprint density at radius 1 is 1.05 bits per heavy atom. The van der Waals surface area contributed by atoms with Gasteiger partial charge < -0.3 is 9.92 Å². The molecule has 0 aromatic heterocycles. The monoisotopic (exact) mass is 556 g/mol. The van der Waals surface area contributed by atoms with Crippen molar-refractivity contribution in [3.63, 3.8) is 0 Å². The van der Waals surface area contributed by atoms with Crippen molar-refractivity contribution in [1.29, 1.82) is 0 Å². The molecule has 0 spiro atoms. The Kier molecular flexibility index (Phi) is 6.91. The molecule has 3 aromatic rings. The molecule has 0 fully saturated rings. The molecule has 10 heteroatoms. The van der Waals surface area contributed by atoms with Gasteiger partial charge in [-0.25, -0.2) is 4.99 Å². The highest BCUT2D eigenvalue weighted by atomic mass is 35.5. The van der Waals surface area contributed by atoms with Gasteiger partial charge in [0.25, 0.3) is 0 Å². The van der Waals surface area contributed by atoms with E-state index < -0.39 is 15.7 Å². The Balaban J connectivity index is 1.65. The number of rotatable bonds is 7. The van der Waals surface area contributed by atoms with Crippen LogP contribution in [0.25, 0.3) is 11.1 Å². The van der Waals surface area contributed by atoms with Crippen molar-refractivity contribution in [2.75, 3.05) is 18.8 Å². The number of amidine groups is 1. The Bertz CT molecular complexity index is 1510. The van der Waals surface area contributed by atoms with E-state index in [1.807, 2.05) is 47.4 Å². The van der Waals surface area contributed by atoms with Gasteiger partial charge in [0.2, 0.25) is 0 Å². The third-order valence-corrected chi connectivity index (χ3v) is 8.33. The highest BCUT2D eigenvalue weighted by Crippen LogP contribution is 2.43. The maximum atomic E-state index is 12.2. The first-order chi connectivity index (χ1) is 17.7. The van der Waals surface area contributed by atoms with Crippen LogP contribution in [-0.2, 0) is 15.7 Å². The lowest BCUT2D eigenvalue weighted by molar-refractivity contribution is 0.484. The molecule has 0 aliphatic carbocycles. The normalized spacial score (nSPS) is 19.3. The summed E-state index contributed by atoms with van der Waals surface area (Å²) in [5.74, 6) is 1.31. The quantitative estimate of drug-likeness (QED) is 0.390. The van der Waals surface area contributed by atoms with Crippen molar-refractivity contribution in [3.8, 4) is 16.9 Å². The first-order valence-corrected chi connectivity index (χ1v) is 14.3. The van der Waals surface area contributed by atoms with E-state index in [-0.39, 0.29) is 11.5 Å². The van der Waals surface area contributed by atoms with E-state index in [1.54, 1.807) is 31.2 Å². The molecule has 192 valence electrons. The van der Waals surface area contributed by atoms with E-state index in [9.17, 15) is 8.42 Å². The van der Waals surface area contributed by atoms with Gasteiger partial charge in [-0.15, -0.1) is 0 Å². The second-order valence-electron chi connectivity index (χ2n) is 8.97. The molecule has 3 aromatic carbocycles. The maximum Gasteiger partial charge on any atom is 0.309 e. The van der Waals surface area contributed by atoms with Crippen LogP contribution in [0.1, 0.15) is 30.9 Å². The Labute approximate surface area is 226 Å². The van der Waals surface area contributed by atoms with E-state index in [2.05, 4.69) is 0 Å². The first-order valence-electron chi connectivity index (χ1n) is 12.0. The zero-order valence-corrected chi connectivity index (χ0v) is 22.5. The summed E-state index contributed by atoms with van der Waals surface area (Å²) in [7, 11) is -3.66. The zero-order chi connectivity index (χ0) is 26.2. The lowest BCUT2D eigenvalue weighted by Crippen LogP contribution is -2.46. The van der Waals surface area contributed by atoms with Crippen molar-refractivity contribution < 1.29 is 12.6 Å². The van der Waals surface area contributed by atoms with Gasteiger partial charge in [0.15, 0.2) is 11.5 Å². The molecule has 2 N–H and O–H groups in total. The summed E-state index contributed by atoms with van der Waals surface area (Å²) in [5.41, 5.74) is 8.72. The number of nitrogens with zero attached hydrogens (tertiary/aromatic N) is 3. The summed E-state index contributed by atoms with van der Waals surface area (Å²) in [4.78, 5) is 11.8. The van der Waals surface area contributed by atoms with Crippen molar-refractivity contribution >= 4 is 45.1 Å². The van der Waals surface area contributed by atoms with Crippen LogP contribution in [0.5, 0.6) is 5.75 Å². The number of benzene rings is 3. The van der Waals surface area contributed by atoms with Crippen molar-refractivity contribution in [3.05, 3.63) is 87.9 Å². The van der Waals surface area contributed by atoms with Gasteiger partial charge in [0, 0.05) is 28.7 Å². The molecule has 2 aliphatic heterocycles. The van der Waals surface area contributed by atoms with Crippen LogP contribution in [0.4, 0.5) is 0 Å². The van der Waals surface area contributed by atoms with Gasteiger partial charge in [-0.3, -0.25) is 9.89 Å². The van der Waals surface area contributed by atoms with Crippen molar-refractivity contribution in [2.45, 2.75) is 25.3 Å². The molecule has 37 heavy (non-hydrogen) atoms. The molecule has 0 saturated carbocycles. The van der Waals surface area contributed by atoms with Gasteiger partial charge >= 0.3 is 10.1 Å². The predicted molar refractivity (Wildman–Crippen MR) is 149 cm³/mol. The lowest BCUT2D eigenvalue weighted by atomic mass is 9.81. The lowest BCUT2D eigenvalue weighted by Gasteiger charge is -2.33. The van der Waals surface area contributed by atoms with Gasteiger partial charge in [-0.1, -0.05) is 60.5 Å². The highest BCUT2D eigenvalue weighted by molar-refractivity contribution is 7.87. The SMILES string of the molecule is CCCS(=O)(=O)Oc1ccc(C2(c3cccc(-c4cc(Cl)ccc4Cl)c3)N=C(N)N3CCCN=C32)cc1. The van der Waals surface area contributed by atoms with Gasteiger partial charge in [0.1, 0.15) is 11.6 Å². The van der Waals surface area contributed by atoms with Crippen LogP contribution < -0.4 is 9.92 Å². The molecule has 0 saturated heterocycles. The summed E-state index contributed by atoms with van der Waals surface area (Å²) >= 11 is 12.8. The van der Waals surface area contributed by atoms with E-state index in [0.29, 0.717) is 35.5 Å². The molecule has 2 aliphatic rings. The Morgan fingerprint density at radius 3 is 2.59 bits per heavy atom. The number of halogens is 2. The summed E-state index contributed by atoms with van der Waals surface area (Å²) in [6, 6.07) is 20.2. The highest BCUT2D eigenvalue weighted by Gasteiger charge is 2.49. The van der Waals surface area contributed by atoms with Crippen LogP contribution in [0.3, 0.4) is 0 Å². The predicted octanol–water partition coefficient (Wildman–Crippen LogP) is 5.46. The van der Waals surface area contributed by atoms with Gasteiger partial charge in [-0.2, -0.15) is 8.42 Å². The molecule has 2 heterocycles. The smallest absolute Gasteiger partial charge is 0.309 e. The minimum absolute atomic E-state index is 0.0515. The Hall–Kier alpha value is -3.07. The summed E-state index contributed by atoms with van der Waals surface area (Å²) in [5, 5.41) is 1.16. The largest absolute Gasteiger partial charge is 0.382 e. The minimum Gasteiger partial charge on any atom is -0.382 e. The first kappa shape index (κ1) is 25.6. The van der Waals surface area contributed by atoms with E-state index in [1.165, 1.54) is 0 Å². The fourth-order valence-corrected chi connectivity index (χ4v) is 6.18. The molecule has 0 amide bonds. The average molecular weight is 558 g/mol. The number of hydrogen-bond acceptors (Lipinski definition) is 7. The topological polar surface area (TPSA) is 97.3 Å². The number of fused-ring (bicyclic) bond motifs is 1. The zero-order valence-electron chi connectivity index (χ0n) is 20.2. The second-order valence-corrected chi connectivity index (χ2v) is 11.5. The fraction of sp³-hybridized carbons (Fsp3) is 0.259. The third kappa shape index (κ3) is 4.81. The average Bonchev–Trinajstić information content (AvgIpc) is 3.19. The Morgan fingerprint density at radius 2 is 1.84 bits per heavy atom. The molecule has 0 radical (unpaired) electrons. The van der Waals surface area contributed by atoms with E-state index >= 15 is 0 Å². The molecule has 7 nitrogen and oxygen atoms in total. The fourth-order valence-electron chi connectivity index (χ4n) is 4.79. The standard InChI is InChI=1S/C27H26Cl2N4O3S/c1-2-15-37(34,35)36-22-10-7-19(8-11-22)27(25-31-13-4-14-33(25)26(30)32-27)20-6-3-5-18(16-20)23-17-21(28)9-12-24(23)29/h3,5-12,16-17H,2,4,13-15H2,1H3,(H2,30,32). The summed E-state index contributed by atoms with van der Waals surface area (Å²) in [6.07, 6.45) is 1.34. The van der Waals surface area contributed by atoms with Crippen molar-refractivity contribution in [1.82, 2.24) is 4.90 Å². The van der Waals surface area contributed by atoms with Crippen LogP contribution in [0, 0.1) is 0 Å².